The van der Waals surface area contributed by atoms with E-state index < -0.39 is 17.5 Å². The molecule has 3 N–H and O–H groups in total. The molecule has 1 heterocycles. The Morgan fingerprint density at radius 1 is 1.28 bits per heavy atom. The molecule has 0 saturated carbocycles. The lowest BCUT2D eigenvalue weighted by Gasteiger charge is -2.08. The fourth-order valence-electron chi connectivity index (χ4n) is 1.39. The average Bonchev–Trinajstić information content (AvgIpc) is 2.34. The zero-order valence-corrected chi connectivity index (χ0v) is 9.15. The molecule has 0 radical (unpaired) electrons. The number of nitrogen functional groups attached to an aromatic ring is 1. The number of amides is 1. The van der Waals surface area contributed by atoms with Crippen molar-refractivity contribution in [2.24, 2.45) is 0 Å². The standard InChI is InChI=1S/C12H9F2N3O/c13-8-4-7(5-16-6-8)12(18)17-11-9(14)2-1-3-10(11)15/h1-6H,15H2,(H,17,18). The number of hydrogen-bond donors (Lipinski definition) is 2. The van der Waals surface area contributed by atoms with E-state index in [0.29, 0.717) is 0 Å². The van der Waals surface area contributed by atoms with Crippen LogP contribution in [0.5, 0.6) is 0 Å². The maximum Gasteiger partial charge on any atom is 0.257 e. The van der Waals surface area contributed by atoms with Gasteiger partial charge in [-0.15, -0.1) is 0 Å². The summed E-state index contributed by atoms with van der Waals surface area (Å²) >= 11 is 0. The maximum atomic E-state index is 13.4. The Labute approximate surface area is 101 Å². The first kappa shape index (κ1) is 12.0. The maximum absolute atomic E-state index is 13.4. The van der Waals surface area contributed by atoms with Gasteiger partial charge >= 0.3 is 0 Å². The van der Waals surface area contributed by atoms with E-state index in [1.165, 1.54) is 18.3 Å². The van der Waals surface area contributed by atoms with Gasteiger partial charge in [0.2, 0.25) is 0 Å². The summed E-state index contributed by atoms with van der Waals surface area (Å²) in [5, 5.41) is 2.28. The van der Waals surface area contributed by atoms with E-state index in [9.17, 15) is 13.6 Å². The lowest BCUT2D eigenvalue weighted by atomic mass is 10.2. The number of nitrogens with zero attached hydrogens (tertiary/aromatic N) is 1. The largest absolute Gasteiger partial charge is 0.397 e. The van der Waals surface area contributed by atoms with Crippen LogP contribution in [0.2, 0.25) is 0 Å². The highest BCUT2D eigenvalue weighted by Crippen LogP contribution is 2.22. The van der Waals surface area contributed by atoms with Gasteiger partial charge in [0, 0.05) is 6.20 Å². The third-order valence-electron chi connectivity index (χ3n) is 2.25. The number of carbonyl (C=O) groups is 1. The van der Waals surface area contributed by atoms with Crippen LogP contribution in [0.25, 0.3) is 0 Å². The molecular weight excluding hydrogens is 240 g/mol. The highest BCUT2D eigenvalue weighted by atomic mass is 19.1. The highest BCUT2D eigenvalue weighted by Gasteiger charge is 2.12. The molecule has 0 unspecified atom stereocenters. The van der Waals surface area contributed by atoms with Gasteiger partial charge in [-0.3, -0.25) is 9.78 Å². The minimum absolute atomic E-state index is 0.0161. The Kier molecular flexibility index (Phi) is 3.18. The first-order valence-corrected chi connectivity index (χ1v) is 5.04. The minimum atomic E-state index is -0.682. The number of nitrogens with one attached hydrogen (secondary N) is 1. The normalized spacial score (nSPS) is 10.1. The topological polar surface area (TPSA) is 68.0 Å². The number of rotatable bonds is 2. The molecule has 0 aliphatic carbocycles. The lowest BCUT2D eigenvalue weighted by Crippen LogP contribution is -2.15. The number of carbonyl (C=O) groups excluding carboxylic acids is 1. The summed E-state index contributed by atoms with van der Waals surface area (Å²) in [4.78, 5) is 15.3. The van der Waals surface area contributed by atoms with Crippen molar-refractivity contribution in [1.29, 1.82) is 0 Å². The zero-order valence-electron chi connectivity index (χ0n) is 9.15. The van der Waals surface area contributed by atoms with E-state index in [4.69, 9.17) is 5.73 Å². The molecule has 18 heavy (non-hydrogen) atoms. The van der Waals surface area contributed by atoms with E-state index in [0.717, 1.165) is 18.3 Å². The molecule has 4 nitrogen and oxygen atoms in total. The van der Waals surface area contributed by atoms with Crippen LogP contribution in [-0.2, 0) is 0 Å². The number of anilines is 2. The molecule has 92 valence electrons. The fraction of sp³-hybridized carbons (Fsp3) is 0. The van der Waals surface area contributed by atoms with Crippen LogP contribution < -0.4 is 11.1 Å². The molecule has 0 saturated heterocycles. The number of halogens is 2. The van der Waals surface area contributed by atoms with Crippen LogP contribution in [0.1, 0.15) is 10.4 Å². The van der Waals surface area contributed by atoms with Crippen molar-refractivity contribution in [3.63, 3.8) is 0 Å². The van der Waals surface area contributed by atoms with E-state index in [1.54, 1.807) is 0 Å². The average molecular weight is 249 g/mol. The summed E-state index contributed by atoms with van der Waals surface area (Å²) in [6, 6.07) is 5.03. The molecule has 6 heteroatoms. The molecule has 0 aliphatic rings. The van der Waals surface area contributed by atoms with Gasteiger partial charge < -0.3 is 11.1 Å². The molecule has 1 aromatic heterocycles. The predicted octanol–water partition coefficient (Wildman–Crippen LogP) is 2.19. The second kappa shape index (κ2) is 4.79. The molecule has 2 rings (SSSR count). The minimum Gasteiger partial charge on any atom is -0.397 e. The highest BCUT2D eigenvalue weighted by molar-refractivity contribution is 6.05. The van der Waals surface area contributed by atoms with Gasteiger partial charge in [-0.25, -0.2) is 8.78 Å². The van der Waals surface area contributed by atoms with Gasteiger partial charge in [-0.1, -0.05) is 6.07 Å². The monoisotopic (exact) mass is 249 g/mol. The summed E-state index contributed by atoms with van der Waals surface area (Å²) in [5.74, 6) is -1.99. The van der Waals surface area contributed by atoms with E-state index in [-0.39, 0.29) is 16.9 Å². The van der Waals surface area contributed by atoms with Crippen LogP contribution in [0, 0.1) is 11.6 Å². The van der Waals surface area contributed by atoms with Crippen molar-refractivity contribution in [3.05, 3.63) is 53.9 Å². The fourth-order valence-corrected chi connectivity index (χ4v) is 1.39. The zero-order chi connectivity index (χ0) is 13.1. The molecule has 2 aromatic rings. The number of para-hydroxylation sites is 1. The van der Waals surface area contributed by atoms with E-state index in [1.807, 2.05) is 0 Å². The van der Waals surface area contributed by atoms with Gasteiger partial charge in [-0.2, -0.15) is 0 Å². The molecule has 1 aromatic carbocycles. The van der Waals surface area contributed by atoms with Crippen molar-refractivity contribution >= 4 is 17.3 Å². The second-order valence-corrected chi connectivity index (χ2v) is 3.55. The Morgan fingerprint density at radius 3 is 2.72 bits per heavy atom. The van der Waals surface area contributed by atoms with E-state index >= 15 is 0 Å². The first-order valence-electron chi connectivity index (χ1n) is 5.04. The van der Waals surface area contributed by atoms with Crippen molar-refractivity contribution < 1.29 is 13.6 Å². The summed E-state index contributed by atoms with van der Waals surface area (Å²) in [6.07, 6.45) is 2.14. The number of hydrogen-bond acceptors (Lipinski definition) is 3. The molecule has 0 bridgehead atoms. The van der Waals surface area contributed by atoms with Gasteiger partial charge in [0.15, 0.2) is 0 Å². The quantitative estimate of drug-likeness (QED) is 0.801. The van der Waals surface area contributed by atoms with Crippen molar-refractivity contribution in [2.45, 2.75) is 0 Å². The van der Waals surface area contributed by atoms with Crippen LogP contribution >= 0.6 is 0 Å². The van der Waals surface area contributed by atoms with Crippen LogP contribution in [0.15, 0.2) is 36.7 Å². The van der Waals surface area contributed by atoms with Gasteiger partial charge in [0.05, 0.1) is 17.4 Å². The Morgan fingerprint density at radius 2 is 2.06 bits per heavy atom. The molecule has 0 spiro atoms. The summed E-state index contributed by atoms with van der Waals surface area (Å²) in [5.41, 5.74) is 5.48. The van der Waals surface area contributed by atoms with Gasteiger partial charge in [0.1, 0.15) is 17.3 Å². The number of benzene rings is 1. The van der Waals surface area contributed by atoms with Gasteiger partial charge in [0.25, 0.3) is 5.91 Å². The Bertz CT molecular complexity index is 581. The Balaban J connectivity index is 2.27. The molecule has 1 amide bonds. The molecular formula is C12H9F2N3O. The van der Waals surface area contributed by atoms with Crippen LogP contribution in [0.3, 0.4) is 0 Å². The summed E-state index contributed by atoms with van der Waals surface area (Å²) < 4.78 is 26.3. The summed E-state index contributed by atoms with van der Waals surface area (Å²) in [7, 11) is 0. The number of nitrogens with two attached hydrogens (primary N) is 1. The Hall–Kier alpha value is -2.50. The third kappa shape index (κ3) is 2.42. The summed E-state index contributed by atoms with van der Waals surface area (Å²) in [6.45, 7) is 0. The van der Waals surface area contributed by atoms with Crippen LogP contribution in [-0.4, -0.2) is 10.9 Å². The van der Waals surface area contributed by atoms with Gasteiger partial charge in [-0.05, 0) is 18.2 Å². The van der Waals surface area contributed by atoms with Crippen molar-refractivity contribution in [2.75, 3.05) is 11.1 Å². The molecule has 0 atom stereocenters. The second-order valence-electron chi connectivity index (χ2n) is 3.55. The van der Waals surface area contributed by atoms with Crippen molar-refractivity contribution in [3.8, 4) is 0 Å². The first-order chi connectivity index (χ1) is 8.58. The molecule has 0 fully saturated rings. The van der Waals surface area contributed by atoms with Crippen molar-refractivity contribution in [1.82, 2.24) is 4.98 Å². The van der Waals surface area contributed by atoms with Crippen LogP contribution in [0.4, 0.5) is 20.2 Å². The molecule has 0 aliphatic heterocycles. The third-order valence-corrected chi connectivity index (χ3v) is 2.25. The van der Waals surface area contributed by atoms with E-state index in [2.05, 4.69) is 10.3 Å². The smallest absolute Gasteiger partial charge is 0.257 e. The lowest BCUT2D eigenvalue weighted by molar-refractivity contribution is 0.102. The SMILES string of the molecule is Nc1cccc(F)c1NC(=O)c1cncc(F)c1. The predicted molar refractivity (Wildman–Crippen MR) is 63.0 cm³/mol. The number of aromatic nitrogens is 1. The number of pyridine rings is 1.